The Bertz CT molecular complexity index is 473. The monoisotopic (exact) mass is 289 g/mol. The van der Waals surface area contributed by atoms with Crippen molar-refractivity contribution >= 4 is 21.7 Å². The van der Waals surface area contributed by atoms with E-state index < -0.39 is 21.1 Å². The van der Waals surface area contributed by atoms with Crippen molar-refractivity contribution in [3.8, 4) is 0 Å². The Morgan fingerprint density at radius 1 is 1.16 bits per heavy atom. The molecule has 2 saturated heterocycles. The van der Waals surface area contributed by atoms with Crippen LogP contribution in [-0.2, 0) is 19.4 Å². The number of carboxylic acid groups (broad SMARTS) is 1. The second-order valence-corrected chi connectivity index (χ2v) is 7.58. The van der Waals surface area contributed by atoms with Gasteiger partial charge in [0.15, 0.2) is 9.84 Å². The van der Waals surface area contributed by atoms with Crippen molar-refractivity contribution in [2.45, 2.75) is 49.8 Å². The maximum atomic E-state index is 12.4. The third-order valence-electron chi connectivity index (χ3n) is 3.92. The summed E-state index contributed by atoms with van der Waals surface area (Å²) in [5, 5.41) is 7.88. The fourth-order valence-corrected chi connectivity index (χ4v) is 4.82. The van der Waals surface area contributed by atoms with E-state index in [9.17, 15) is 18.0 Å². The third kappa shape index (κ3) is 3.08. The molecule has 2 aliphatic heterocycles. The molecule has 2 aliphatic rings. The molecule has 2 fully saturated rings. The Labute approximate surface area is 112 Å². The molecule has 1 amide bonds. The van der Waals surface area contributed by atoms with Crippen LogP contribution in [0.1, 0.15) is 38.5 Å². The number of sulfone groups is 1. The van der Waals surface area contributed by atoms with Crippen molar-refractivity contribution < 1.29 is 23.1 Å². The van der Waals surface area contributed by atoms with Crippen molar-refractivity contribution in [1.82, 2.24) is 4.90 Å². The van der Waals surface area contributed by atoms with Gasteiger partial charge in [-0.1, -0.05) is 6.42 Å². The number of aliphatic carboxylic acids is 1. The number of nitrogens with zero attached hydrogens (tertiary/aromatic N) is 1. The summed E-state index contributed by atoms with van der Waals surface area (Å²) in [6, 6.07) is -0.345. The van der Waals surface area contributed by atoms with E-state index in [1.165, 1.54) is 4.90 Å². The molecule has 0 aromatic carbocycles. The fraction of sp³-hybridized carbons (Fsp3) is 0.833. The number of carbonyl (C=O) groups is 2. The van der Waals surface area contributed by atoms with Crippen LogP contribution in [0.3, 0.4) is 0 Å². The largest absolute Gasteiger partial charge is 0.481 e. The molecule has 2 heterocycles. The van der Waals surface area contributed by atoms with Gasteiger partial charge in [0.2, 0.25) is 5.91 Å². The minimum Gasteiger partial charge on any atom is -0.481 e. The predicted octanol–water partition coefficient (Wildman–Crippen LogP) is 0.419. The highest BCUT2D eigenvalue weighted by atomic mass is 32.2. The number of carboxylic acids is 1. The fourth-order valence-electron chi connectivity index (χ4n) is 2.96. The van der Waals surface area contributed by atoms with Crippen LogP contribution in [0.2, 0.25) is 0 Å². The summed E-state index contributed by atoms with van der Waals surface area (Å²) in [6.45, 7) is 0.475. The maximum absolute atomic E-state index is 12.4. The number of amides is 1. The van der Waals surface area contributed by atoms with Crippen molar-refractivity contribution in [2.24, 2.45) is 0 Å². The van der Waals surface area contributed by atoms with E-state index >= 15 is 0 Å². The lowest BCUT2D eigenvalue weighted by atomic mass is 10.1. The lowest BCUT2D eigenvalue weighted by molar-refractivity contribution is -0.139. The normalized spacial score (nSPS) is 30.2. The molecule has 2 unspecified atom stereocenters. The molecular weight excluding hydrogens is 270 g/mol. The second kappa shape index (κ2) is 5.48. The summed E-state index contributed by atoms with van der Waals surface area (Å²) in [7, 11) is -3.35. The molecule has 0 aromatic heterocycles. The van der Waals surface area contributed by atoms with Gasteiger partial charge in [-0.2, -0.15) is 0 Å². The van der Waals surface area contributed by atoms with E-state index in [2.05, 4.69) is 0 Å². The zero-order valence-electron chi connectivity index (χ0n) is 10.7. The van der Waals surface area contributed by atoms with Crippen LogP contribution in [0.25, 0.3) is 0 Å². The quantitative estimate of drug-likeness (QED) is 0.813. The first-order chi connectivity index (χ1) is 8.92. The number of rotatable bonds is 3. The lowest BCUT2D eigenvalue weighted by Gasteiger charge is -2.29. The Balaban J connectivity index is 2.12. The minimum absolute atomic E-state index is 0.0703. The first-order valence-corrected chi connectivity index (χ1v) is 8.37. The maximum Gasteiger partial charge on any atom is 0.305 e. The molecule has 2 rings (SSSR count). The molecule has 0 aromatic rings. The highest BCUT2D eigenvalue weighted by Crippen LogP contribution is 2.27. The van der Waals surface area contributed by atoms with Crippen molar-refractivity contribution in [3.63, 3.8) is 0 Å². The van der Waals surface area contributed by atoms with Crippen LogP contribution in [0.15, 0.2) is 0 Å². The molecule has 6 nitrogen and oxygen atoms in total. The van der Waals surface area contributed by atoms with E-state index in [0.717, 1.165) is 12.8 Å². The highest BCUT2D eigenvalue weighted by molar-refractivity contribution is 7.92. The van der Waals surface area contributed by atoms with Gasteiger partial charge in [-0.3, -0.25) is 9.59 Å². The van der Waals surface area contributed by atoms with Crippen LogP contribution < -0.4 is 0 Å². The van der Waals surface area contributed by atoms with Crippen molar-refractivity contribution in [1.29, 1.82) is 0 Å². The highest BCUT2D eigenvalue weighted by Gasteiger charge is 2.41. The van der Waals surface area contributed by atoms with Gasteiger partial charge in [0.05, 0.1) is 12.2 Å². The summed E-state index contributed by atoms with van der Waals surface area (Å²) in [5.41, 5.74) is 0. The van der Waals surface area contributed by atoms with E-state index in [0.29, 0.717) is 25.8 Å². The molecule has 108 valence electrons. The van der Waals surface area contributed by atoms with Gasteiger partial charge < -0.3 is 10.0 Å². The molecule has 19 heavy (non-hydrogen) atoms. The van der Waals surface area contributed by atoms with Gasteiger partial charge in [0.25, 0.3) is 0 Å². The molecule has 2 atom stereocenters. The molecule has 0 spiro atoms. The number of likely N-dealkylation sites (tertiary alicyclic amines) is 1. The van der Waals surface area contributed by atoms with Gasteiger partial charge in [-0.15, -0.1) is 0 Å². The van der Waals surface area contributed by atoms with E-state index in [1.54, 1.807) is 0 Å². The SMILES string of the molecule is O=C(O)CC1CCCN1C(=O)C1CCCCS1(=O)=O. The van der Waals surface area contributed by atoms with Crippen LogP contribution in [0.4, 0.5) is 0 Å². The second-order valence-electron chi connectivity index (χ2n) is 5.28. The number of hydrogen-bond acceptors (Lipinski definition) is 4. The average molecular weight is 289 g/mol. The molecule has 0 bridgehead atoms. The molecule has 1 N–H and O–H groups in total. The molecular formula is C12H19NO5S. The van der Waals surface area contributed by atoms with E-state index in [4.69, 9.17) is 5.11 Å². The van der Waals surface area contributed by atoms with Gasteiger partial charge in [-0.25, -0.2) is 8.42 Å². The topological polar surface area (TPSA) is 91.8 Å². The molecule has 0 radical (unpaired) electrons. The Kier molecular flexibility index (Phi) is 4.13. The van der Waals surface area contributed by atoms with Crippen LogP contribution in [-0.4, -0.2) is 53.9 Å². The summed E-state index contributed by atoms with van der Waals surface area (Å²) in [5.74, 6) is -1.26. The lowest BCUT2D eigenvalue weighted by Crippen LogP contribution is -2.47. The summed E-state index contributed by atoms with van der Waals surface area (Å²) < 4.78 is 23.9. The van der Waals surface area contributed by atoms with Crippen LogP contribution in [0.5, 0.6) is 0 Å². The van der Waals surface area contributed by atoms with Gasteiger partial charge >= 0.3 is 5.97 Å². The first kappa shape index (κ1) is 14.3. The molecule has 0 saturated carbocycles. The predicted molar refractivity (Wildman–Crippen MR) is 68.4 cm³/mol. The zero-order chi connectivity index (χ0) is 14.0. The third-order valence-corrected chi connectivity index (χ3v) is 6.09. The average Bonchev–Trinajstić information content (AvgIpc) is 2.75. The van der Waals surface area contributed by atoms with E-state index in [1.807, 2.05) is 0 Å². The summed E-state index contributed by atoms with van der Waals surface area (Å²) in [6.07, 6.45) is 3.02. The van der Waals surface area contributed by atoms with Gasteiger partial charge in [-0.05, 0) is 25.7 Å². The smallest absolute Gasteiger partial charge is 0.305 e. The van der Waals surface area contributed by atoms with E-state index in [-0.39, 0.29) is 24.1 Å². The number of hydrogen-bond donors (Lipinski definition) is 1. The minimum atomic E-state index is -3.35. The zero-order valence-corrected chi connectivity index (χ0v) is 11.6. The first-order valence-electron chi connectivity index (χ1n) is 6.65. The Morgan fingerprint density at radius 3 is 2.53 bits per heavy atom. The summed E-state index contributed by atoms with van der Waals surface area (Å²) in [4.78, 5) is 24.6. The van der Waals surface area contributed by atoms with Crippen LogP contribution in [0, 0.1) is 0 Å². The van der Waals surface area contributed by atoms with Gasteiger partial charge in [0, 0.05) is 12.6 Å². The number of carbonyl (C=O) groups excluding carboxylic acids is 1. The molecule has 7 heteroatoms. The van der Waals surface area contributed by atoms with Crippen LogP contribution >= 0.6 is 0 Å². The van der Waals surface area contributed by atoms with Crippen molar-refractivity contribution in [3.05, 3.63) is 0 Å². The Hall–Kier alpha value is -1.11. The summed E-state index contributed by atoms with van der Waals surface area (Å²) >= 11 is 0. The van der Waals surface area contributed by atoms with Crippen molar-refractivity contribution in [2.75, 3.05) is 12.3 Å². The standard InChI is InChI=1S/C12H19NO5S/c14-11(15)8-9-4-3-6-13(9)12(16)10-5-1-2-7-19(10,17)18/h9-10H,1-8H2,(H,14,15). The van der Waals surface area contributed by atoms with Gasteiger partial charge in [0.1, 0.15) is 5.25 Å². The Morgan fingerprint density at radius 2 is 1.89 bits per heavy atom. The molecule has 0 aliphatic carbocycles.